The fraction of sp³-hybridized carbons (Fsp3) is 1.00. The third-order valence-corrected chi connectivity index (χ3v) is 5.06. The molecule has 0 amide bonds. The SMILES string of the molecule is CCCCC(CC)CC1(CNC(C)C)CCCCC1. The second-order valence-electron chi connectivity index (χ2n) is 7.22. The van der Waals surface area contributed by atoms with Gasteiger partial charge in [-0.15, -0.1) is 0 Å². The van der Waals surface area contributed by atoms with E-state index in [9.17, 15) is 0 Å². The first-order valence-corrected chi connectivity index (χ1v) is 8.85. The van der Waals surface area contributed by atoms with Gasteiger partial charge in [0.25, 0.3) is 0 Å². The molecule has 0 aromatic heterocycles. The van der Waals surface area contributed by atoms with Crippen LogP contribution >= 0.6 is 0 Å². The van der Waals surface area contributed by atoms with Crippen LogP contribution in [0.2, 0.25) is 0 Å². The Bertz CT molecular complexity index is 216. The minimum absolute atomic E-state index is 0.622. The van der Waals surface area contributed by atoms with Gasteiger partial charge in [-0.25, -0.2) is 0 Å². The highest BCUT2D eigenvalue weighted by Crippen LogP contribution is 2.42. The van der Waals surface area contributed by atoms with Gasteiger partial charge in [0.1, 0.15) is 0 Å². The molecule has 1 unspecified atom stereocenters. The first-order chi connectivity index (χ1) is 9.12. The van der Waals surface area contributed by atoms with Crippen molar-refractivity contribution in [2.45, 2.75) is 97.9 Å². The van der Waals surface area contributed by atoms with E-state index >= 15 is 0 Å². The van der Waals surface area contributed by atoms with Crippen LogP contribution in [-0.2, 0) is 0 Å². The van der Waals surface area contributed by atoms with E-state index in [1.54, 1.807) is 0 Å². The summed E-state index contributed by atoms with van der Waals surface area (Å²) in [5, 5.41) is 3.74. The van der Waals surface area contributed by atoms with Gasteiger partial charge in [0.05, 0.1) is 0 Å². The van der Waals surface area contributed by atoms with Crippen molar-refractivity contribution >= 4 is 0 Å². The quantitative estimate of drug-likeness (QED) is 0.578. The molecular weight excluding hydrogens is 230 g/mol. The van der Waals surface area contributed by atoms with Gasteiger partial charge in [0.15, 0.2) is 0 Å². The Balaban J connectivity index is 2.55. The van der Waals surface area contributed by atoms with Gasteiger partial charge in [-0.1, -0.05) is 72.6 Å². The number of unbranched alkanes of at least 4 members (excludes halogenated alkanes) is 1. The topological polar surface area (TPSA) is 12.0 Å². The minimum atomic E-state index is 0.622. The first-order valence-electron chi connectivity index (χ1n) is 8.85. The summed E-state index contributed by atoms with van der Waals surface area (Å²) in [4.78, 5) is 0. The Kier molecular flexibility index (Phi) is 8.06. The zero-order valence-electron chi connectivity index (χ0n) is 13.9. The molecule has 1 nitrogen and oxygen atoms in total. The van der Waals surface area contributed by atoms with E-state index in [1.807, 2.05) is 0 Å². The average molecular weight is 268 g/mol. The van der Waals surface area contributed by atoms with Crippen molar-refractivity contribution < 1.29 is 0 Å². The van der Waals surface area contributed by atoms with Crippen LogP contribution in [-0.4, -0.2) is 12.6 Å². The van der Waals surface area contributed by atoms with Crippen LogP contribution in [0.4, 0.5) is 0 Å². The molecule has 1 atom stereocenters. The normalized spacial score (nSPS) is 20.7. The van der Waals surface area contributed by atoms with Crippen molar-refractivity contribution in [1.82, 2.24) is 5.32 Å². The van der Waals surface area contributed by atoms with Crippen LogP contribution in [0, 0.1) is 11.3 Å². The summed E-state index contributed by atoms with van der Waals surface area (Å²) in [7, 11) is 0. The lowest BCUT2D eigenvalue weighted by Crippen LogP contribution is -2.40. The molecular formula is C18H37N. The first kappa shape index (κ1) is 17.0. The molecule has 1 fully saturated rings. The highest BCUT2D eigenvalue weighted by molar-refractivity contribution is 4.87. The van der Waals surface area contributed by atoms with E-state index in [2.05, 4.69) is 33.0 Å². The van der Waals surface area contributed by atoms with Gasteiger partial charge in [-0.2, -0.15) is 0 Å². The van der Waals surface area contributed by atoms with E-state index in [0.29, 0.717) is 11.5 Å². The molecule has 1 heteroatoms. The Hall–Kier alpha value is -0.0400. The van der Waals surface area contributed by atoms with E-state index in [0.717, 1.165) is 5.92 Å². The summed E-state index contributed by atoms with van der Waals surface area (Å²) in [6.45, 7) is 10.5. The minimum Gasteiger partial charge on any atom is -0.314 e. The van der Waals surface area contributed by atoms with E-state index in [1.165, 1.54) is 70.8 Å². The van der Waals surface area contributed by atoms with Crippen molar-refractivity contribution in [2.24, 2.45) is 11.3 Å². The van der Waals surface area contributed by atoms with Crippen LogP contribution in [0.1, 0.15) is 91.9 Å². The molecule has 0 saturated heterocycles. The van der Waals surface area contributed by atoms with Crippen molar-refractivity contribution in [3.8, 4) is 0 Å². The molecule has 1 aliphatic rings. The molecule has 0 bridgehead atoms. The van der Waals surface area contributed by atoms with Gasteiger partial charge in [0, 0.05) is 12.6 Å². The summed E-state index contributed by atoms with van der Waals surface area (Å²) in [6, 6.07) is 0.634. The van der Waals surface area contributed by atoms with Crippen LogP contribution in [0.25, 0.3) is 0 Å². The Morgan fingerprint density at radius 3 is 2.26 bits per heavy atom. The number of rotatable bonds is 9. The highest BCUT2D eigenvalue weighted by atomic mass is 14.9. The average Bonchev–Trinajstić information content (AvgIpc) is 2.42. The van der Waals surface area contributed by atoms with Crippen LogP contribution < -0.4 is 5.32 Å². The predicted molar refractivity (Wildman–Crippen MR) is 86.6 cm³/mol. The highest BCUT2D eigenvalue weighted by Gasteiger charge is 2.33. The number of hydrogen-bond donors (Lipinski definition) is 1. The third kappa shape index (κ3) is 6.29. The van der Waals surface area contributed by atoms with E-state index in [4.69, 9.17) is 0 Å². The third-order valence-electron chi connectivity index (χ3n) is 5.06. The maximum Gasteiger partial charge on any atom is 0.00106 e. The Labute approximate surface area is 121 Å². The second kappa shape index (κ2) is 9.00. The molecule has 1 saturated carbocycles. The second-order valence-corrected chi connectivity index (χ2v) is 7.22. The van der Waals surface area contributed by atoms with Gasteiger partial charge in [0.2, 0.25) is 0 Å². The summed E-state index contributed by atoms with van der Waals surface area (Å²) in [6.07, 6.45) is 14.4. The van der Waals surface area contributed by atoms with Gasteiger partial charge in [-0.3, -0.25) is 0 Å². The lowest BCUT2D eigenvalue weighted by atomic mass is 9.68. The molecule has 1 aliphatic carbocycles. The van der Waals surface area contributed by atoms with Gasteiger partial charge < -0.3 is 5.32 Å². The largest absolute Gasteiger partial charge is 0.314 e. The van der Waals surface area contributed by atoms with Crippen molar-refractivity contribution in [1.29, 1.82) is 0 Å². The molecule has 0 spiro atoms. The maximum atomic E-state index is 3.74. The number of nitrogens with one attached hydrogen (secondary N) is 1. The number of hydrogen-bond acceptors (Lipinski definition) is 1. The lowest BCUT2D eigenvalue weighted by molar-refractivity contribution is 0.128. The molecule has 0 heterocycles. The summed E-state index contributed by atoms with van der Waals surface area (Å²) in [5.74, 6) is 0.965. The maximum absolute atomic E-state index is 3.74. The molecule has 0 radical (unpaired) electrons. The van der Waals surface area contributed by atoms with Crippen molar-refractivity contribution in [2.75, 3.05) is 6.54 Å². The summed E-state index contributed by atoms with van der Waals surface area (Å²) in [5.41, 5.74) is 0.622. The van der Waals surface area contributed by atoms with Crippen LogP contribution in [0.5, 0.6) is 0 Å². The lowest BCUT2D eigenvalue weighted by Gasteiger charge is -2.41. The smallest absolute Gasteiger partial charge is 0.00106 e. The van der Waals surface area contributed by atoms with Crippen LogP contribution in [0.3, 0.4) is 0 Å². The van der Waals surface area contributed by atoms with Crippen LogP contribution in [0.15, 0.2) is 0 Å². The Morgan fingerprint density at radius 2 is 1.74 bits per heavy atom. The zero-order valence-corrected chi connectivity index (χ0v) is 13.9. The fourth-order valence-electron chi connectivity index (χ4n) is 3.73. The summed E-state index contributed by atoms with van der Waals surface area (Å²) < 4.78 is 0. The standard InChI is InChI=1S/C18H37N/c1-5-7-11-17(6-2)14-18(15-19-16(3)4)12-9-8-10-13-18/h16-17,19H,5-15H2,1-4H3. The molecule has 1 N–H and O–H groups in total. The van der Waals surface area contributed by atoms with Gasteiger partial charge in [-0.05, 0) is 30.6 Å². The van der Waals surface area contributed by atoms with Crippen molar-refractivity contribution in [3.05, 3.63) is 0 Å². The molecule has 114 valence electrons. The fourth-order valence-corrected chi connectivity index (χ4v) is 3.73. The molecule has 1 rings (SSSR count). The van der Waals surface area contributed by atoms with E-state index in [-0.39, 0.29) is 0 Å². The summed E-state index contributed by atoms with van der Waals surface area (Å²) >= 11 is 0. The zero-order chi connectivity index (χ0) is 14.1. The monoisotopic (exact) mass is 267 g/mol. The Morgan fingerprint density at radius 1 is 1.05 bits per heavy atom. The van der Waals surface area contributed by atoms with E-state index < -0.39 is 0 Å². The molecule has 0 aromatic rings. The molecule has 0 aromatic carbocycles. The van der Waals surface area contributed by atoms with Crippen molar-refractivity contribution in [3.63, 3.8) is 0 Å². The molecule has 0 aliphatic heterocycles. The predicted octanol–water partition coefficient (Wildman–Crippen LogP) is 5.54. The van der Waals surface area contributed by atoms with Gasteiger partial charge >= 0.3 is 0 Å². The molecule has 19 heavy (non-hydrogen) atoms.